The highest BCUT2D eigenvalue weighted by molar-refractivity contribution is 6.31. The van der Waals surface area contributed by atoms with E-state index in [-0.39, 0.29) is 24.0 Å². The van der Waals surface area contributed by atoms with Gasteiger partial charge in [-0.05, 0) is 60.4 Å². The van der Waals surface area contributed by atoms with Crippen molar-refractivity contribution < 1.29 is 15.0 Å². The van der Waals surface area contributed by atoms with Crippen molar-refractivity contribution in [3.05, 3.63) is 99.2 Å². The van der Waals surface area contributed by atoms with Gasteiger partial charge in [0.2, 0.25) is 0 Å². The van der Waals surface area contributed by atoms with Gasteiger partial charge in [0.05, 0.1) is 6.04 Å². The van der Waals surface area contributed by atoms with Crippen LogP contribution in [0, 0.1) is 13.8 Å². The molecule has 0 fully saturated rings. The molecule has 7 heteroatoms. The first-order valence-corrected chi connectivity index (χ1v) is 10.9. The Labute approximate surface area is 196 Å². The molecular formula is C26H22ClN3O3. The molecule has 4 aromatic rings. The lowest BCUT2D eigenvalue weighted by Crippen LogP contribution is -2.29. The van der Waals surface area contributed by atoms with Gasteiger partial charge in [0.1, 0.15) is 22.9 Å². The number of benzene rings is 3. The number of nitrogens with zero attached hydrogens (tertiary/aromatic N) is 2. The highest BCUT2D eigenvalue weighted by atomic mass is 35.5. The predicted octanol–water partition coefficient (Wildman–Crippen LogP) is 5.50. The molecule has 6 nitrogen and oxygen atoms in total. The predicted molar refractivity (Wildman–Crippen MR) is 126 cm³/mol. The van der Waals surface area contributed by atoms with Gasteiger partial charge in [0.15, 0.2) is 0 Å². The van der Waals surface area contributed by atoms with Gasteiger partial charge in [-0.25, -0.2) is 0 Å². The summed E-state index contributed by atoms with van der Waals surface area (Å²) in [7, 11) is 0. The number of aromatic amines is 1. The number of carbonyl (C=O) groups excluding carboxylic acids is 1. The minimum Gasteiger partial charge on any atom is -0.508 e. The smallest absolute Gasteiger partial charge is 0.273 e. The molecule has 0 saturated heterocycles. The van der Waals surface area contributed by atoms with Gasteiger partial charge in [-0.2, -0.15) is 5.10 Å². The third-order valence-corrected chi connectivity index (χ3v) is 6.42. The van der Waals surface area contributed by atoms with Crippen molar-refractivity contribution in [1.29, 1.82) is 0 Å². The third-order valence-electron chi connectivity index (χ3n) is 6.05. The first-order valence-electron chi connectivity index (χ1n) is 10.6. The summed E-state index contributed by atoms with van der Waals surface area (Å²) >= 11 is 6.41. The first kappa shape index (κ1) is 21.1. The number of phenolic OH excluding ortho intramolecular Hbond substituents is 2. The van der Waals surface area contributed by atoms with Gasteiger partial charge < -0.3 is 15.1 Å². The minimum atomic E-state index is -0.523. The molecule has 2 heterocycles. The largest absolute Gasteiger partial charge is 0.508 e. The molecule has 166 valence electrons. The topological polar surface area (TPSA) is 89.4 Å². The number of phenols is 2. The molecule has 1 aliphatic heterocycles. The van der Waals surface area contributed by atoms with Crippen molar-refractivity contribution >= 4 is 17.5 Å². The van der Waals surface area contributed by atoms with Crippen LogP contribution in [0.15, 0.2) is 60.7 Å². The Kier molecular flexibility index (Phi) is 5.10. The number of aromatic nitrogens is 2. The molecule has 0 radical (unpaired) electrons. The zero-order valence-corrected chi connectivity index (χ0v) is 18.9. The summed E-state index contributed by atoms with van der Waals surface area (Å²) in [5.41, 5.74) is 5.35. The van der Waals surface area contributed by atoms with Crippen LogP contribution in [0.3, 0.4) is 0 Å². The highest BCUT2D eigenvalue weighted by Crippen LogP contribution is 2.46. The molecule has 0 saturated carbocycles. The fourth-order valence-corrected chi connectivity index (χ4v) is 4.75. The van der Waals surface area contributed by atoms with Crippen LogP contribution < -0.4 is 0 Å². The molecule has 1 aromatic heterocycles. The molecule has 0 spiro atoms. The quantitative estimate of drug-likeness (QED) is 0.375. The molecule has 3 aromatic carbocycles. The second-order valence-electron chi connectivity index (χ2n) is 8.36. The second-order valence-corrected chi connectivity index (χ2v) is 8.77. The van der Waals surface area contributed by atoms with Gasteiger partial charge in [-0.1, -0.05) is 48.0 Å². The molecule has 33 heavy (non-hydrogen) atoms. The number of H-pyrrole nitrogens is 1. The summed E-state index contributed by atoms with van der Waals surface area (Å²) < 4.78 is 0. The monoisotopic (exact) mass is 459 g/mol. The normalized spacial score (nSPS) is 15.2. The molecule has 0 aliphatic carbocycles. The van der Waals surface area contributed by atoms with E-state index in [1.807, 2.05) is 50.2 Å². The number of fused-ring (bicyclic) bond motifs is 1. The van der Waals surface area contributed by atoms with Gasteiger partial charge in [0, 0.05) is 22.7 Å². The van der Waals surface area contributed by atoms with E-state index in [4.69, 9.17) is 11.6 Å². The van der Waals surface area contributed by atoms with E-state index < -0.39 is 6.04 Å². The van der Waals surface area contributed by atoms with Crippen LogP contribution in [0.2, 0.25) is 5.02 Å². The zero-order valence-electron chi connectivity index (χ0n) is 18.1. The molecular weight excluding hydrogens is 438 g/mol. The van der Waals surface area contributed by atoms with Gasteiger partial charge in [-0.3, -0.25) is 9.89 Å². The highest BCUT2D eigenvalue weighted by Gasteiger charge is 2.42. The Bertz CT molecular complexity index is 1400. The maximum absolute atomic E-state index is 13.5. The van der Waals surface area contributed by atoms with E-state index in [0.717, 1.165) is 22.3 Å². The van der Waals surface area contributed by atoms with Crippen LogP contribution in [0.4, 0.5) is 0 Å². The number of halogens is 1. The van der Waals surface area contributed by atoms with Crippen LogP contribution in [-0.4, -0.2) is 31.2 Å². The number of hydrogen-bond acceptors (Lipinski definition) is 4. The molecule has 0 bridgehead atoms. The summed E-state index contributed by atoms with van der Waals surface area (Å²) in [4.78, 5) is 15.2. The fourth-order valence-electron chi connectivity index (χ4n) is 4.56. The number of amides is 1. The number of hydrogen-bond donors (Lipinski definition) is 3. The van der Waals surface area contributed by atoms with Crippen molar-refractivity contribution in [2.24, 2.45) is 0 Å². The van der Waals surface area contributed by atoms with Crippen molar-refractivity contribution in [3.8, 4) is 22.8 Å². The van der Waals surface area contributed by atoms with E-state index in [2.05, 4.69) is 10.2 Å². The minimum absolute atomic E-state index is 0.102. The van der Waals surface area contributed by atoms with Gasteiger partial charge >= 0.3 is 0 Å². The van der Waals surface area contributed by atoms with Crippen molar-refractivity contribution in [1.82, 2.24) is 15.1 Å². The Morgan fingerprint density at radius 3 is 2.61 bits per heavy atom. The molecule has 1 atom stereocenters. The average Bonchev–Trinajstić information content (AvgIpc) is 3.31. The van der Waals surface area contributed by atoms with Crippen LogP contribution >= 0.6 is 11.6 Å². The molecule has 1 unspecified atom stereocenters. The standard InChI is InChI=1S/C26H22ClN3O3/c1-14-10-15(2)25(32)19(11-14)22-21-23(29-28-22)26(33)30(13-17-6-3-4-9-20(17)27)24(21)16-7-5-8-18(31)12-16/h3-12,24,31-32H,13H2,1-2H3,(H,28,29). The molecule has 3 N–H and O–H groups in total. The van der Waals surface area contributed by atoms with Gasteiger partial charge in [0.25, 0.3) is 5.91 Å². The van der Waals surface area contributed by atoms with Crippen LogP contribution in [0.5, 0.6) is 11.5 Å². The van der Waals surface area contributed by atoms with E-state index >= 15 is 0 Å². The maximum atomic E-state index is 13.5. The Balaban J connectivity index is 1.71. The molecule has 5 rings (SSSR count). The van der Waals surface area contributed by atoms with Crippen molar-refractivity contribution in [2.45, 2.75) is 26.4 Å². The number of aromatic hydroxyl groups is 2. The van der Waals surface area contributed by atoms with E-state index in [1.54, 1.807) is 29.2 Å². The van der Waals surface area contributed by atoms with E-state index in [0.29, 0.717) is 27.5 Å². The second kappa shape index (κ2) is 7.98. The van der Waals surface area contributed by atoms with Crippen LogP contribution in [0.1, 0.15) is 44.3 Å². The van der Waals surface area contributed by atoms with Crippen molar-refractivity contribution in [3.63, 3.8) is 0 Å². The lowest BCUT2D eigenvalue weighted by atomic mass is 9.94. The summed E-state index contributed by atoms with van der Waals surface area (Å²) in [6, 6.07) is 17.5. The summed E-state index contributed by atoms with van der Waals surface area (Å²) in [6.45, 7) is 4.06. The van der Waals surface area contributed by atoms with Crippen LogP contribution in [0.25, 0.3) is 11.3 Å². The molecule has 1 amide bonds. The SMILES string of the molecule is Cc1cc(C)c(O)c(-c2n[nH]c3c2C(c2cccc(O)c2)N(Cc2ccccc2Cl)C3=O)c1. The number of carbonyl (C=O) groups is 1. The fraction of sp³-hybridized carbons (Fsp3) is 0.154. The lowest BCUT2D eigenvalue weighted by Gasteiger charge is -2.27. The van der Waals surface area contributed by atoms with Crippen LogP contribution in [-0.2, 0) is 6.54 Å². The number of nitrogens with one attached hydrogen (secondary N) is 1. The zero-order chi connectivity index (χ0) is 23.3. The average molecular weight is 460 g/mol. The lowest BCUT2D eigenvalue weighted by molar-refractivity contribution is 0.0730. The summed E-state index contributed by atoms with van der Waals surface area (Å²) in [5, 5.41) is 28.9. The van der Waals surface area contributed by atoms with E-state index in [9.17, 15) is 15.0 Å². The Morgan fingerprint density at radius 1 is 1.06 bits per heavy atom. The number of aryl methyl sites for hydroxylation is 2. The number of rotatable bonds is 4. The third kappa shape index (κ3) is 3.52. The maximum Gasteiger partial charge on any atom is 0.273 e. The molecule has 1 aliphatic rings. The van der Waals surface area contributed by atoms with Crippen molar-refractivity contribution in [2.75, 3.05) is 0 Å². The Hall–Kier alpha value is -3.77. The van der Waals surface area contributed by atoms with E-state index in [1.165, 1.54) is 0 Å². The van der Waals surface area contributed by atoms with Gasteiger partial charge in [-0.15, -0.1) is 0 Å². The summed E-state index contributed by atoms with van der Waals surface area (Å²) in [5.74, 6) is 0.00724. The Morgan fingerprint density at radius 2 is 1.85 bits per heavy atom. The first-order chi connectivity index (χ1) is 15.8. The summed E-state index contributed by atoms with van der Waals surface area (Å²) in [6.07, 6.45) is 0.